The van der Waals surface area contributed by atoms with Crippen molar-refractivity contribution in [3.05, 3.63) is 84.9 Å². The maximum Gasteiger partial charge on any atom is 0.0414 e. The third-order valence-electron chi connectivity index (χ3n) is 4.22. The Hall–Kier alpha value is -2.80. The monoisotopic (exact) mass is 343 g/mol. The average Bonchev–Trinajstić information content (AvgIpc) is 2.75. The summed E-state index contributed by atoms with van der Waals surface area (Å²) in [4.78, 5) is 2.22. The third-order valence-corrected chi connectivity index (χ3v) is 4.22. The fourth-order valence-electron chi connectivity index (χ4n) is 2.94. The zero-order valence-corrected chi connectivity index (χ0v) is 16.5. The van der Waals surface area contributed by atoms with Crippen molar-refractivity contribution >= 4 is 32.9 Å². The molecule has 0 saturated carbocycles. The number of para-hydroxylation sites is 1. The first-order chi connectivity index (χ1) is 12.8. The number of hydrogen-bond acceptors (Lipinski definition) is 1. The molecule has 0 aliphatic carbocycles. The fraction of sp³-hybridized carbons (Fsp3) is 0.200. The van der Waals surface area contributed by atoms with E-state index in [-0.39, 0.29) is 0 Å². The second-order valence-corrected chi connectivity index (χ2v) is 5.63. The summed E-state index contributed by atoms with van der Waals surface area (Å²) >= 11 is 0. The van der Waals surface area contributed by atoms with Gasteiger partial charge in [-0.25, -0.2) is 0 Å². The molecular weight excluding hydrogens is 314 g/mol. The van der Waals surface area contributed by atoms with E-state index < -0.39 is 0 Å². The largest absolute Gasteiger partial charge is 0.345 e. The van der Waals surface area contributed by atoms with Crippen LogP contribution < -0.4 is 4.90 Å². The second-order valence-electron chi connectivity index (χ2n) is 5.63. The third kappa shape index (κ3) is 4.23. The molecule has 26 heavy (non-hydrogen) atoms. The zero-order chi connectivity index (χ0) is 18.9. The topological polar surface area (TPSA) is 3.24 Å². The van der Waals surface area contributed by atoms with Gasteiger partial charge in [0.15, 0.2) is 0 Å². The van der Waals surface area contributed by atoms with Crippen LogP contribution in [0.2, 0.25) is 0 Å². The Morgan fingerprint density at radius 1 is 0.462 bits per heavy atom. The van der Waals surface area contributed by atoms with E-state index in [1.165, 1.54) is 32.9 Å². The average molecular weight is 344 g/mol. The summed E-state index contributed by atoms with van der Waals surface area (Å²) < 4.78 is 0. The van der Waals surface area contributed by atoms with Crippen LogP contribution in [0.15, 0.2) is 84.9 Å². The Kier molecular flexibility index (Phi) is 7.23. The van der Waals surface area contributed by atoms with E-state index in [0.717, 1.165) is 0 Å². The fourth-order valence-corrected chi connectivity index (χ4v) is 2.94. The first-order valence-corrected chi connectivity index (χ1v) is 9.53. The summed E-state index contributed by atoms with van der Waals surface area (Å²) in [6.07, 6.45) is 0. The molecule has 0 unspecified atom stereocenters. The molecular formula is C25H29N. The number of fused-ring (bicyclic) bond motifs is 2. The van der Waals surface area contributed by atoms with Crippen molar-refractivity contribution in [1.82, 2.24) is 0 Å². The molecule has 4 rings (SSSR count). The van der Waals surface area contributed by atoms with Gasteiger partial charge in [-0.05, 0) is 57.9 Å². The van der Waals surface area contributed by atoms with Gasteiger partial charge in [-0.15, -0.1) is 0 Å². The summed E-state index contributed by atoms with van der Waals surface area (Å²) in [5.74, 6) is 0. The molecule has 134 valence electrons. The van der Waals surface area contributed by atoms with Crippen molar-refractivity contribution in [3.63, 3.8) is 0 Å². The Morgan fingerprint density at radius 3 is 1.58 bits per heavy atom. The molecule has 0 atom stereocenters. The molecule has 0 aromatic heterocycles. The summed E-state index contributed by atoms with van der Waals surface area (Å²) in [6, 6.07) is 30.1. The number of hydrogen-bond donors (Lipinski definition) is 0. The van der Waals surface area contributed by atoms with Crippen LogP contribution in [0.3, 0.4) is 0 Å². The minimum atomic E-state index is 1.20. The maximum atomic E-state index is 2.27. The van der Waals surface area contributed by atoms with Crippen LogP contribution in [-0.4, -0.2) is 7.05 Å². The second kappa shape index (κ2) is 9.62. The summed E-state index contributed by atoms with van der Waals surface area (Å²) in [6.45, 7) is 8.00. The Labute approximate surface area is 157 Å². The summed E-state index contributed by atoms with van der Waals surface area (Å²) in [5, 5.41) is 5.14. The van der Waals surface area contributed by atoms with E-state index in [9.17, 15) is 0 Å². The van der Waals surface area contributed by atoms with E-state index in [0.29, 0.717) is 0 Å². The van der Waals surface area contributed by atoms with Crippen LogP contribution >= 0.6 is 0 Å². The molecule has 1 heteroatoms. The highest BCUT2D eigenvalue weighted by Gasteiger charge is 2.05. The number of nitrogens with zero attached hydrogens (tertiary/aromatic N) is 1. The molecule has 1 nitrogen and oxygen atoms in total. The van der Waals surface area contributed by atoms with Crippen LogP contribution in [0.1, 0.15) is 27.7 Å². The van der Waals surface area contributed by atoms with Gasteiger partial charge >= 0.3 is 0 Å². The predicted molar refractivity (Wildman–Crippen MR) is 119 cm³/mol. The Balaban J connectivity index is 0.000000570. The van der Waals surface area contributed by atoms with Gasteiger partial charge < -0.3 is 4.90 Å². The molecule has 0 bridgehead atoms. The number of rotatable bonds is 2. The molecule has 0 heterocycles. The van der Waals surface area contributed by atoms with E-state index in [4.69, 9.17) is 0 Å². The van der Waals surface area contributed by atoms with Crippen LogP contribution in [0.25, 0.3) is 21.5 Å². The van der Waals surface area contributed by atoms with Gasteiger partial charge in [0, 0.05) is 18.4 Å². The van der Waals surface area contributed by atoms with E-state index in [1.807, 2.05) is 33.8 Å². The Morgan fingerprint density at radius 2 is 0.962 bits per heavy atom. The highest BCUT2D eigenvalue weighted by Crippen LogP contribution is 2.29. The minimum absolute atomic E-state index is 1.20. The van der Waals surface area contributed by atoms with Crippen LogP contribution in [-0.2, 0) is 0 Å². The quantitative estimate of drug-likeness (QED) is 0.335. The van der Waals surface area contributed by atoms with Crippen molar-refractivity contribution in [2.45, 2.75) is 27.7 Å². The lowest BCUT2D eigenvalue weighted by Gasteiger charge is -2.20. The summed E-state index contributed by atoms with van der Waals surface area (Å²) in [5.41, 5.74) is 2.40. The lowest BCUT2D eigenvalue weighted by atomic mass is 10.0. The normalized spacial score (nSPS) is 9.73. The SMILES string of the molecule is CC.CC.CN(c1ccccc1)c1ccc2cc3ccccc3cc2c1. The van der Waals surface area contributed by atoms with Gasteiger partial charge in [-0.1, -0.05) is 76.2 Å². The van der Waals surface area contributed by atoms with Crippen LogP contribution in [0.5, 0.6) is 0 Å². The van der Waals surface area contributed by atoms with Gasteiger partial charge in [-0.2, -0.15) is 0 Å². The van der Waals surface area contributed by atoms with Crippen molar-refractivity contribution in [2.24, 2.45) is 0 Å². The molecule has 0 fully saturated rings. The van der Waals surface area contributed by atoms with Gasteiger partial charge in [-0.3, -0.25) is 0 Å². The molecule has 4 aromatic carbocycles. The minimum Gasteiger partial charge on any atom is -0.345 e. The van der Waals surface area contributed by atoms with Gasteiger partial charge in [0.25, 0.3) is 0 Å². The first kappa shape index (κ1) is 19.5. The number of benzene rings is 4. The lowest BCUT2D eigenvalue weighted by Crippen LogP contribution is -2.08. The molecule has 0 spiro atoms. The van der Waals surface area contributed by atoms with Crippen LogP contribution in [0, 0.1) is 0 Å². The number of anilines is 2. The molecule has 0 N–H and O–H groups in total. The zero-order valence-electron chi connectivity index (χ0n) is 16.5. The smallest absolute Gasteiger partial charge is 0.0414 e. The molecule has 0 radical (unpaired) electrons. The van der Waals surface area contributed by atoms with E-state index >= 15 is 0 Å². The van der Waals surface area contributed by atoms with Gasteiger partial charge in [0.2, 0.25) is 0 Å². The predicted octanol–water partition coefficient (Wildman–Crippen LogP) is 7.81. The highest BCUT2D eigenvalue weighted by molar-refractivity contribution is 5.99. The van der Waals surface area contributed by atoms with E-state index in [2.05, 4.69) is 90.8 Å². The first-order valence-electron chi connectivity index (χ1n) is 9.53. The highest BCUT2D eigenvalue weighted by atomic mass is 15.1. The van der Waals surface area contributed by atoms with Crippen molar-refractivity contribution < 1.29 is 0 Å². The van der Waals surface area contributed by atoms with Crippen LogP contribution in [0.4, 0.5) is 11.4 Å². The molecule has 4 aromatic rings. The molecule has 0 aliphatic rings. The summed E-state index contributed by atoms with van der Waals surface area (Å²) in [7, 11) is 2.11. The van der Waals surface area contributed by atoms with Crippen molar-refractivity contribution in [1.29, 1.82) is 0 Å². The molecule has 0 aliphatic heterocycles. The Bertz CT molecular complexity index is 942. The molecule has 0 amide bonds. The van der Waals surface area contributed by atoms with Gasteiger partial charge in [0.05, 0.1) is 0 Å². The molecule has 0 saturated heterocycles. The van der Waals surface area contributed by atoms with E-state index in [1.54, 1.807) is 0 Å². The van der Waals surface area contributed by atoms with Crippen molar-refractivity contribution in [3.8, 4) is 0 Å². The standard InChI is InChI=1S/C21H17N.2C2H6/c1-22(20-9-3-2-4-10-20)21-12-11-18-13-16-7-5-6-8-17(16)14-19(18)15-21;2*1-2/h2-15H,1H3;2*1-2H3. The van der Waals surface area contributed by atoms with Gasteiger partial charge in [0.1, 0.15) is 0 Å². The van der Waals surface area contributed by atoms with Crippen molar-refractivity contribution in [2.75, 3.05) is 11.9 Å². The lowest BCUT2D eigenvalue weighted by molar-refractivity contribution is 1.21. The maximum absolute atomic E-state index is 2.27.